The number of ether oxygens (including phenoxy) is 1. The predicted molar refractivity (Wildman–Crippen MR) is 79.0 cm³/mol. The quantitative estimate of drug-likeness (QED) is 0.585. The Morgan fingerprint density at radius 3 is 2.95 bits per heavy atom. The molecular formula is C15H12BrNO3. The summed E-state index contributed by atoms with van der Waals surface area (Å²) in [7, 11) is 1.34. The summed E-state index contributed by atoms with van der Waals surface area (Å²) in [5.74, 6) is 1.49. The number of esters is 1. The molecule has 0 atom stereocenters. The van der Waals surface area contributed by atoms with Crippen LogP contribution in [0.1, 0.15) is 17.5 Å². The maximum absolute atomic E-state index is 11.9. The van der Waals surface area contributed by atoms with Crippen LogP contribution in [-0.2, 0) is 20.7 Å². The molecule has 2 aliphatic rings. The molecule has 0 spiro atoms. The summed E-state index contributed by atoms with van der Waals surface area (Å²) in [5, 5.41) is 0. The molecule has 0 amide bonds. The number of rotatable bonds is 1. The molecule has 102 valence electrons. The first-order valence-electron chi connectivity index (χ1n) is 6.31. The summed E-state index contributed by atoms with van der Waals surface area (Å²) >= 11 is 3.54. The maximum Gasteiger partial charge on any atom is 0.354 e. The Labute approximate surface area is 124 Å². The normalized spacial score (nSPS) is 16.2. The van der Waals surface area contributed by atoms with Gasteiger partial charge in [-0.25, -0.2) is 9.59 Å². The summed E-state index contributed by atoms with van der Waals surface area (Å²) < 4.78 is 5.82. The van der Waals surface area contributed by atoms with Gasteiger partial charge in [0.15, 0.2) is 0 Å². The number of hydrogen-bond donors (Lipinski definition) is 0. The number of hydrogen-bond acceptors (Lipinski definition) is 4. The Balaban J connectivity index is 2.28. The van der Waals surface area contributed by atoms with Crippen molar-refractivity contribution in [1.82, 2.24) is 0 Å². The van der Waals surface area contributed by atoms with Crippen LogP contribution in [0.4, 0.5) is 5.69 Å². The number of halogens is 1. The number of carbonyl (C=O) groups is 1. The first kappa shape index (κ1) is 13.2. The summed E-state index contributed by atoms with van der Waals surface area (Å²) in [5.41, 5.74) is 3.66. The lowest BCUT2D eigenvalue weighted by atomic mass is 9.90. The average molecular weight is 334 g/mol. The van der Waals surface area contributed by atoms with Crippen LogP contribution in [0.25, 0.3) is 5.57 Å². The van der Waals surface area contributed by atoms with Gasteiger partial charge in [0.05, 0.1) is 18.4 Å². The van der Waals surface area contributed by atoms with Crippen molar-refractivity contribution in [3.63, 3.8) is 0 Å². The number of allylic oxidation sites excluding steroid dienone is 2. The van der Waals surface area contributed by atoms with E-state index in [4.69, 9.17) is 4.74 Å². The van der Waals surface area contributed by atoms with E-state index in [9.17, 15) is 9.59 Å². The molecule has 0 bridgehead atoms. The van der Waals surface area contributed by atoms with Gasteiger partial charge < -0.3 is 9.64 Å². The molecule has 2 heterocycles. The SMILES string of the molecule is COC(=O)C1=CC(=C=O)c2ccc(Br)c3c2N1CCC3. The Morgan fingerprint density at radius 1 is 1.45 bits per heavy atom. The van der Waals surface area contributed by atoms with Gasteiger partial charge in [0.2, 0.25) is 0 Å². The predicted octanol–water partition coefficient (Wildman–Crippen LogP) is 2.49. The van der Waals surface area contributed by atoms with Crippen molar-refractivity contribution in [2.24, 2.45) is 0 Å². The zero-order valence-electron chi connectivity index (χ0n) is 10.9. The molecular weight excluding hydrogens is 322 g/mol. The molecule has 0 radical (unpaired) electrons. The maximum atomic E-state index is 11.9. The molecule has 4 nitrogen and oxygen atoms in total. The Bertz CT molecular complexity index is 687. The second-order valence-corrected chi connectivity index (χ2v) is 5.57. The third-order valence-corrected chi connectivity index (χ3v) is 4.41. The number of carbonyl (C=O) groups excluding carboxylic acids is 2. The van der Waals surface area contributed by atoms with Gasteiger partial charge in [0, 0.05) is 16.6 Å². The van der Waals surface area contributed by atoms with E-state index >= 15 is 0 Å². The van der Waals surface area contributed by atoms with E-state index in [0.29, 0.717) is 11.3 Å². The van der Waals surface area contributed by atoms with Crippen molar-refractivity contribution in [3.05, 3.63) is 39.5 Å². The smallest absolute Gasteiger partial charge is 0.354 e. The van der Waals surface area contributed by atoms with E-state index in [-0.39, 0.29) is 0 Å². The van der Waals surface area contributed by atoms with Gasteiger partial charge in [-0.3, -0.25) is 0 Å². The fourth-order valence-corrected chi connectivity index (χ4v) is 3.31. The molecule has 5 heteroatoms. The third-order valence-electron chi connectivity index (χ3n) is 3.67. The minimum Gasteiger partial charge on any atom is -0.464 e. The van der Waals surface area contributed by atoms with Gasteiger partial charge in [-0.05, 0) is 30.5 Å². The van der Waals surface area contributed by atoms with E-state index in [1.54, 1.807) is 6.08 Å². The average Bonchev–Trinajstić information content (AvgIpc) is 2.49. The molecule has 1 aromatic rings. The molecule has 3 rings (SSSR count). The van der Waals surface area contributed by atoms with Gasteiger partial charge in [-0.1, -0.05) is 22.0 Å². The van der Waals surface area contributed by atoms with E-state index in [2.05, 4.69) is 15.9 Å². The fourth-order valence-electron chi connectivity index (χ4n) is 2.79. The zero-order chi connectivity index (χ0) is 14.3. The fraction of sp³-hybridized carbons (Fsp3) is 0.267. The van der Waals surface area contributed by atoms with Crippen LogP contribution < -0.4 is 4.90 Å². The lowest BCUT2D eigenvalue weighted by Crippen LogP contribution is -2.35. The van der Waals surface area contributed by atoms with Gasteiger partial charge in [0.25, 0.3) is 0 Å². The van der Waals surface area contributed by atoms with E-state index in [0.717, 1.165) is 40.7 Å². The van der Waals surface area contributed by atoms with Crippen LogP contribution in [0.3, 0.4) is 0 Å². The first-order valence-corrected chi connectivity index (χ1v) is 7.11. The van der Waals surface area contributed by atoms with Gasteiger partial charge >= 0.3 is 5.97 Å². The van der Waals surface area contributed by atoms with Crippen molar-refractivity contribution in [1.29, 1.82) is 0 Å². The minimum atomic E-state index is -0.434. The summed E-state index contributed by atoms with van der Waals surface area (Å²) in [6.07, 6.45) is 3.43. The molecule has 0 aromatic heterocycles. The van der Waals surface area contributed by atoms with Crippen LogP contribution in [0.5, 0.6) is 0 Å². The Kier molecular flexibility index (Phi) is 3.24. The molecule has 0 N–H and O–H groups in total. The van der Waals surface area contributed by atoms with Crippen LogP contribution in [0.15, 0.2) is 28.4 Å². The van der Waals surface area contributed by atoms with Crippen molar-refractivity contribution in [2.75, 3.05) is 18.6 Å². The highest BCUT2D eigenvalue weighted by Crippen LogP contribution is 2.43. The minimum absolute atomic E-state index is 0.396. The molecule has 0 aliphatic carbocycles. The highest BCUT2D eigenvalue weighted by molar-refractivity contribution is 9.10. The van der Waals surface area contributed by atoms with Crippen molar-refractivity contribution in [3.8, 4) is 0 Å². The topological polar surface area (TPSA) is 46.6 Å². The summed E-state index contributed by atoms with van der Waals surface area (Å²) in [6, 6.07) is 3.82. The number of benzene rings is 1. The number of methoxy groups -OCH3 is 1. The van der Waals surface area contributed by atoms with E-state index in [1.165, 1.54) is 7.11 Å². The second kappa shape index (κ2) is 4.93. The standard InChI is InChI=1S/C15H12BrNO3/c1-20-15(19)13-7-9(8-18)10-4-5-12(16)11-3-2-6-17(13)14(10)11/h4-5,7H,2-3,6H2,1H3. The monoisotopic (exact) mass is 333 g/mol. The van der Waals surface area contributed by atoms with Crippen LogP contribution in [0, 0.1) is 0 Å². The zero-order valence-corrected chi connectivity index (χ0v) is 12.5. The molecule has 0 saturated carbocycles. The summed E-state index contributed by atoms with van der Waals surface area (Å²) in [4.78, 5) is 25.1. The summed E-state index contributed by atoms with van der Waals surface area (Å²) in [6.45, 7) is 0.740. The van der Waals surface area contributed by atoms with Crippen LogP contribution in [-0.4, -0.2) is 25.6 Å². The highest BCUT2D eigenvalue weighted by Gasteiger charge is 2.32. The van der Waals surface area contributed by atoms with Crippen molar-refractivity contribution < 1.29 is 14.3 Å². The van der Waals surface area contributed by atoms with Gasteiger partial charge in [-0.15, -0.1) is 0 Å². The second-order valence-electron chi connectivity index (χ2n) is 4.71. The molecule has 1 aromatic carbocycles. The Morgan fingerprint density at radius 2 is 2.25 bits per heavy atom. The van der Waals surface area contributed by atoms with Crippen LogP contribution in [0.2, 0.25) is 0 Å². The highest BCUT2D eigenvalue weighted by atomic mass is 79.9. The molecule has 0 unspecified atom stereocenters. The first-order chi connectivity index (χ1) is 9.67. The molecule has 0 saturated heterocycles. The molecule has 2 aliphatic heterocycles. The lowest BCUT2D eigenvalue weighted by Gasteiger charge is -2.36. The lowest BCUT2D eigenvalue weighted by molar-refractivity contribution is -0.136. The molecule has 0 fully saturated rings. The molecule has 20 heavy (non-hydrogen) atoms. The number of anilines is 1. The largest absolute Gasteiger partial charge is 0.464 e. The van der Waals surface area contributed by atoms with E-state index < -0.39 is 5.97 Å². The van der Waals surface area contributed by atoms with Crippen molar-refractivity contribution >= 4 is 39.1 Å². The Hall–Kier alpha value is -1.84. The number of nitrogens with zero attached hydrogens (tertiary/aromatic N) is 1. The van der Waals surface area contributed by atoms with E-state index in [1.807, 2.05) is 23.0 Å². The van der Waals surface area contributed by atoms with Gasteiger partial charge in [0.1, 0.15) is 11.6 Å². The van der Waals surface area contributed by atoms with Crippen molar-refractivity contribution in [2.45, 2.75) is 12.8 Å². The van der Waals surface area contributed by atoms with Crippen LogP contribution >= 0.6 is 15.9 Å². The van der Waals surface area contributed by atoms with Gasteiger partial charge in [-0.2, -0.15) is 0 Å². The third kappa shape index (κ3) is 1.82.